The molecule has 9 heteroatoms. The van der Waals surface area contributed by atoms with E-state index in [0.29, 0.717) is 17.4 Å². The molecule has 1 heterocycles. The van der Waals surface area contributed by atoms with Crippen molar-refractivity contribution in [1.29, 1.82) is 0 Å². The van der Waals surface area contributed by atoms with Gasteiger partial charge in [0, 0.05) is 17.3 Å². The van der Waals surface area contributed by atoms with E-state index in [9.17, 15) is 8.42 Å². The standard InChI is InChI=1S/C23H29ClN4O2S2/c1-6-28-21(16(2)27-32(29,30)20-13-11-19(24)12-14-20)25-26-22(28)31-15-17-7-9-18(10-8-17)23(3,4)5/h7-14,16,27H,6,15H2,1-5H3/t16-/m0/s1. The molecule has 2 aromatic carbocycles. The third kappa shape index (κ3) is 5.92. The van der Waals surface area contributed by atoms with Crippen molar-refractivity contribution in [2.75, 3.05) is 0 Å². The van der Waals surface area contributed by atoms with Crippen LogP contribution in [-0.2, 0) is 27.7 Å². The number of aromatic nitrogens is 3. The summed E-state index contributed by atoms with van der Waals surface area (Å²) in [6.45, 7) is 11.0. The van der Waals surface area contributed by atoms with Crippen molar-refractivity contribution in [2.24, 2.45) is 0 Å². The van der Waals surface area contributed by atoms with Crippen molar-refractivity contribution < 1.29 is 8.42 Å². The molecule has 0 spiro atoms. The van der Waals surface area contributed by atoms with Crippen LogP contribution in [0.5, 0.6) is 0 Å². The van der Waals surface area contributed by atoms with Gasteiger partial charge in [-0.25, -0.2) is 13.1 Å². The van der Waals surface area contributed by atoms with Gasteiger partial charge in [0.15, 0.2) is 11.0 Å². The van der Waals surface area contributed by atoms with Crippen LogP contribution in [0.1, 0.15) is 57.6 Å². The van der Waals surface area contributed by atoms with E-state index in [-0.39, 0.29) is 10.3 Å². The van der Waals surface area contributed by atoms with Crippen LogP contribution in [-0.4, -0.2) is 23.2 Å². The number of nitrogens with one attached hydrogen (secondary N) is 1. The second-order valence-electron chi connectivity index (χ2n) is 8.62. The SMILES string of the molecule is CCn1c(SCc2ccc(C(C)(C)C)cc2)nnc1[C@H](C)NS(=O)(=O)c1ccc(Cl)cc1. The van der Waals surface area contributed by atoms with Crippen molar-refractivity contribution in [3.63, 3.8) is 0 Å². The van der Waals surface area contributed by atoms with Gasteiger partial charge in [0.25, 0.3) is 0 Å². The van der Waals surface area contributed by atoms with E-state index in [1.54, 1.807) is 30.8 Å². The Morgan fingerprint density at radius 1 is 1.06 bits per heavy atom. The number of halogens is 1. The zero-order chi connectivity index (χ0) is 23.5. The molecule has 0 aliphatic heterocycles. The van der Waals surface area contributed by atoms with Crippen molar-refractivity contribution >= 4 is 33.4 Å². The first kappa shape index (κ1) is 24.8. The number of hydrogen-bond donors (Lipinski definition) is 1. The van der Waals surface area contributed by atoms with Gasteiger partial charge in [0.1, 0.15) is 0 Å². The van der Waals surface area contributed by atoms with Crippen LogP contribution in [0.4, 0.5) is 0 Å². The Kier molecular flexibility index (Phi) is 7.70. The van der Waals surface area contributed by atoms with Gasteiger partial charge in [-0.1, -0.05) is 68.4 Å². The average molecular weight is 493 g/mol. The molecule has 3 rings (SSSR count). The summed E-state index contributed by atoms with van der Waals surface area (Å²) in [5.41, 5.74) is 2.62. The van der Waals surface area contributed by atoms with E-state index >= 15 is 0 Å². The number of nitrogens with zero attached hydrogens (tertiary/aromatic N) is 3. The Labute approximate surface area is 199 Å². The smallest absolute Gasteiger partial charge is 0.241 e. The predicted octanol–water partition coefficient (Wildman–Crippen LogP) is 5.58. The van der Waals surface area contributed by atoms with Gasteiger partial charge >= 0.3 is 0 Å². The Hall–Kier alpha value is -1.87. The molecule has 0 amide bonds. The van der Waals surface area contributed by atoms with Crippen LogP contribution < -0.4 is 4.72 Å². The first-order valence-electron chi connectivity index (χ1n) is 10.4. The Bertz CT molecular complexity index is 1150. The fraction of sp³-hybridized carbons (Fsp3) is 0.391. The van der Waals surface area contributed by atoms with Crippen LogP contribution in [0.15, 0.2) is 58.6 Å². The maximum absolute atomic E-state index is 12.7. The summed E-state index contributed by atoms with van der Waals surface area (Å²) in [5, 5.41) is 9.85. The summed E-state index contributed by atoms with van der Waals surface area (Å²) in [6.07, 6.45) is 0. The van der Waals surface area contributed by atoms with Crippen LogP contribution in [0.2, 0.25) is 5.02 Å². The fourth-order valence-corrected chi connectivity index (χ4v) is 5.53. The van der Waals surface area contributed by atoms with Gasteiger partial charge in [-0.15, -0.1) is 10.2 Å². The van der Waals surface area contributed by atoms with Crippen LogP contribution in [0.25, 0.3) is 0 Å². The van der Waals surface area contributed by atoms with E-state index in [1.807, 2.05) is 11.5 Å². The largest absolute Gasteiger partial charge is 0.305 e. The van der Waals surface area contributed by atoms with Crippen molar-refractivity contribution in [1.82, 2.24) is 19.5 Å². The molecule has 0 aliphatic rings. The normalized spacial score (nSPS) is 13.3. The lowest BCUT2D eigenvalue weighted by Crippen LogP contribution is -2.29. The molecule has 0 unspecified atom stereocenters. The third-order valence-corrected chi connectivity index (χ3v) is 7.94. The second kappa shape index (κ2) is 9.95. The van der Waals surface area contributed by atoms with Gasteiger partial charge in [0.05, 0.1) is 10.9 Å². The summed E-state index contributed by atoms with van der Waals surface area (Å²) in [7, 11) is -3.71. The van der Waals surface area contributed by atoms with Gasteiger partial charge in [-0.3, -0.25) is 0 Å². The molecule has 0 saturated carbocycles. The second-order valence-corrected chi connectivity index (χ2v) is 11.7. The maximum Gasteiger partial charge on any atom is 0.241 e. The monoisotopic (exact) mass is 492 g/mol. The first-order valence-corrected chi connectivity index (χ1v) is 13.3. The molecule has 32 heavy (non-hydrogen) atoms. The third-order valence-electron chi connectivity index (χ3n) is 5.09. The van der Waals surface area contributed by atoms with Crippen molar-refractivity contribution in [2.45, 2.75) is 68.4 Å². The first-order chi connectivity index (χ1) is 15.0. The van der Waals surface area contributed by atoms with Crippen LogP contribution in [0.3, 0.4) is 0 Å². The van der Waals surface area contributed by atoms with Crippen LogP contribution in [0, 0.1) is 0 Å². The highest BCUT2D eigenvalue weighted by Crippen LogP contribution is 2.27. The topological polar surface area (TPSA) is 76.9 Å². The predicted molar refractivity (Wildman–Crippen MR) is 131 cm³/mol. The zero-order valence-electron chi connectivity index (χ0n) is 19.0. The molecule has 1 atom stereocenters. The summed E-state index contributed by atoms with van der Waals surface area (Å²) in [4.78, 5) is 0.157. The minimum absolute atomic E-state index is 0.123. The zero-order valence-corrected chi connectivity index (χ0v) is 21.4. The van der Waals surface area contributed by atoms with E-state index in [1.165, 1.54) is 23.3 Å². The molecule has 172 valence electrons. The molecule has 0 saturated heterocycles. The molecule has 1 aromatic heterocycles. The molecule has 0 bridgehead atoms. The molecule has 3 aromatic rings. The Morgan fingerprint density at radius 2 is 1.69 bits per heavy atom. The maximum atomic E-state index is 12.7. The summed E-state index contributed by atoms with van der Waals surface area (Å²) in [6, 6.07) is 14.1. The minimum atomic E-state index is -3.71. The van der Waals surface area contributed by atoms with Gasteiger partial charge in [0.2, 0.25) is 10.0 Å². The molecular weight excluding hydrogens is 464 g/mol. The number of rotatable bonds is 8. The average Bonchev–Trinajstić information content (AvgIpc) is 3.15. The van der Waals surface area contributed by atoms with Gasteiger partial charge in [-0.2, -0.15) is 0 Å². The molecule has 0 fully saturated rings. The summed E-state index contributed by atoms with van der Waals surface area (Å²) in [5.74, 6) is 1.34. The number of sulfonamides is 1. The molecule has 6 nitrogen and oxygen atoms in total. The highest BCUT2D eigenvalue weighted by Gasteiger charge is 2.23. The lowest BCUT2D eigenvalue weighted by molar-refractivity contribution is 0.539. The molecule has 1 N–H and O–H groups in total. The Morgan fingerprint density at radius 3 is 2.25 bits per heavy atom. The molecule has 0 aliphatic carbocycles. The lowest BCUT2D eigenvalue weighted by atomic mass is 9.87. The van der Waals surface area contributed by atoms with Crippen molar-refractivity contribution in [3.05, 3.63) is 70.5 Å². The number of hydrogen-bond acceptors (Lipinski definition) is 5. The van der Waals surface area contributed by atoms with E-state index < -0.39 is 16.1 Å². The fourth-order valence-electron chi connectivity index (χ4n) is 3.24. The van der Waals surface area contributed by atoms with Gasteiger partial charge in [-0.05, 0) is 54.7 Å². The van der Waals surface area contributed by atoms with E-state index in [2.05, 4.69) is 60.0 Å². The molecule has 0 radical (unpaired) electrons. The number of thioether (sulfide) groups is 1. The van der Waals surface area contributed by atoms with Gasteiger partial charge < -0.3 is 4.57 Å². The highest BCUT2D eigenvalue weighted by atomic mass is 35.5. The summed E-state index contributed by atoms with van der Waals surface area (Å²) >= 11 is 7.46. The lowest BCUT2D eigenvalue weighted by Gasteiger charge is -2.19. The Balaban J connectivity index is 1.72. The quantitative estimate of drug-likeness (QED) is 0.415. The highest BCUT2D eigenvalue weighted by molar-refractivity contribution is 7.98. The number of benzene rings is 2. The summed E-state index contributed by atoms with van der Waals surface area (Å²) < 4.78 is 30.1. The minimum Gasteiger partial charge on any atom is -0.305 e. The van der Waals surface area contributed by atoms with E-state index in [0.717, 1.165) is 10.9 Å². The van der Waals surface area contributed by atoms with Crippen molar-refractivity contribution in [3.8, 4) is 0 Å². The van der Waals surface area contributed by atoms with Crippen LogP contribution >= 0.6 is 23.4 Å². The van der Waals surface area contributed by atoms with E-state index in [4.69, 9.17) is 11.6 Å². The molecular formula is C23H29ClN4O2S2.